The molecule has 1 N–H and O–H groups in total. The average molecular weight is 340 g/mol. The number of hydrogen-bond acceptors (Lipinski definition) is 4. The maximum absolute atomic E-state index is 13.1. The normalized spacial score (nSPS) is 18.1. The molecule has 1 fully saturated rings. The lowest BCUT2D eigenvalue weighted by atomic mass is 10.2. The number of methoxy groups -OCH3 is 1. The van der Waals surface area contributed by atoms with E-state index in [2.05, 4.69) is 10.3 Å². The summed E-state index contributed by atoms with van der Waals surface area (Å²) < 4.78 is 20.5. The Morgan fingerprint density at radius 3 is 2.95 bits per heavy atom. The second kappa shape index (κ2) is 6.91. The molecule has 22 heavy (non-hydrogen) atoms. The van der Waals surface area contributed by atoms with Crippen molar-refractivity contribution >= 4 is 33.4 Å². The summed E-state index contributed by atoms with van der Waals surface area (Å²) in [6, 6.07) is 5.50. The van der Waals surface area contributed by atoms with Crippen LogP contribution >= 0.6 is 11.6 Å². The summed E-state index contributed by atoms with van der Waals surface area (Å²) in [5, 5.41) is 5.35. The van der Waals surface area contributed by atoms with Crippen LogP contribution in [-0.4, -0.2) is 46.8 Å². The van der Waals surface area contributed by atoms with E-state index in [0.717, 1.165) is 43.4 Å². The summed E-state index contributed by atoms with van der Waals surface area (Å²) in [5.41, 5.74) is 0. The molecule has 3 rings (SSSR count). The van der Waals surface area contributed by atoms with Crippen LogP contribution in [0, 0.1) is 0 Å². The van der Waals surface area contributed by atoms with Gasteiger partial charge in [0.25, 0.3) is 0 Å². The molecule has 0 amide bonds. The molecule has 0 bridgehead atoms. The molecule has 1 unspecified atom stereocenters. The van der Waals surface area contributed by atoms with Crippen LogP contribution in [0.5, 0.6) is 5.75 Å². The second-order valence-corrected chi connectivity index (χ2v) is 6.86. The predicted octanol–water partition coefficient (Wildman–Crippen LogP) is 2.21. The Morgan fingerprint density at radius 2 is 2.14 bits per heavy atom. The first-order valence-electron chi connectivity index (χ1n) is 7.21. The van der Waals surface area contributed by atoms with Crippen LogP contribution in [0.4, 0.5) is 0 Å². The van der Waals surface area contributed by atoms with E-state index in [1.807, 2.05) is 16.4 Å². The van der Waals surface area contributed by atoms with Crippen molar-refractivity contribution in [1.82, 2.24) is 14.6 Å². The number of nitrogens with zero attached hydrogens (tertiary/aromatic N) is 2. The minimum atomic E-state index is -1.29. The van der Waals surface area contributed by atoms with Crippen molar-refractivity contribution in [3.8, 4) is 5.75 Å². The third kappa shape index (κ3) is 2.96. The summed E-state index contributed by atoms with van der Waals surface area (Å²) in [7, 11) is 0.299. The van der Waals surface area contributed by atoms with Crippen molar-refractivity contribution < 1.29 is 8.95 Å². The number of nitrogens with one attached hydrogen (secondary N) is 1. The number of rotatable bonds is 3. The van der Waals surface area contributed by atoms with Crippen molar-refractivity contribution in [3.63, 3.8) is 0 Å². The minimum absolute atomic E-state index is 0.413. The summed E-state index contributed by atoms with van der Waals surface area (Å²) in [6.07, 6.45) is 2.61. The smallest absolute Gasteiger partial charge is 0.137 e. The molecule has 1 aliphatic rings. The Labute approximate surface area is 137 Å². The molecule has 0 aliphatic carbocycles. The van der Waals surface area contributed by atoms with E-state index in [9.17, 15) is 4.21 Å². The van der Waals surface area contributed by atoms with Gasteiger partial charge in [-0.15, -0.1) is 0 Å². The lowest BCUT2D eigenvalue weighted by molar-refractivity contribution is 0.402. The molecule has 0 spiro atoms. The molecule has 7 heteroatoms. The molecule has 1 saturated heterocycles. The molecule has 1 aliphatic heterocycles. The SMILES string of the molecule is COc1ccc2c(Cl)nccc2c1S(=O)N1CCCNCC1. The second-order valence-electron chi connectivity index (χ2n) is 5.08. The van der Waals surface area contributed by atoms with Gasteiger partial charge in [-0.05, 0) is 31.2 Å². The van der Waals surface area contributed by atoms with Gasteiger partial charge in [0, 0.05) is 36.6 Å². The summed E-state index contributed by atoms with van der Waals surface area (Å²) in [5.74, 6) is 0.616. The van der Waals surface area contributed by atoms with Gasteiger partial charge in [0.05, 0.1) is 7.11 Å². The quantitative estimate of drug-likeness (QED) is 0.871. The third-order valence-electron chi connectivity index (χ3n) is 3.74. The van der Waals surface area contributed by atoms with Crippen molar-refractivity contribution in [1.29, 1.82) is 0 Å². The number of fused-ring (bicyclic) bond motifs is 1. The van der Waals surface area contributed by atoms with E-state index in [-0.39, 0.29) is 0 Å². The molecular formula is C15H18ClN3O2S. The van der Waals surface area contributed by atoms with Crippen molar-refractivity contribution in [2.24, 2.45) is 0 Å². The zero-order valence-corrected chi connectivity index (χ0v) is 13.9. The summed E-state index contributed by atoms with van der Waals surface area (Å²) >= 11 is 6.17. The molecule has 1 atom stereocenters. The van der Waals surface area contributed by atoms with E-state index >= 15 is 0 Å². The topological polar surface area (TPSA) is 54.5 Å². The fourth-order valence-electron chi connectivity index (χ4n) is 2.63. The van der Waals surface area contributed by atoms with Crippen LogP contribution in [-0.2, 0) is 11.0 Å². The lowest BCUT2D eigenvalue weighted by Gasteiger charge is -2.21. The van der Waals surface area contributed by atoms with Gasteiger partial charge in [-0.1, -0.05) is 11.6 Å². The van der Waals surface area contributed by atoms with Gasteiger partial charge in [0.2, 0.25) is 0 Å². The summed E-state index contributed by atoms with van der Waals surface area (Å²) in [6.45, 7) is 3.32. The van der Waals surface area contributed by atoms with E-state index < -0.39 is 11.0 Å². The molecule has 2 aromatic rings. The molecule has 118 valence electrons. The van der Waals surface area contributed by atoms with Gasteiger partial charge in [-0.2, -0.15) is 0 Å². The fourth-order valence-corrected chi connectivity index (χ4v) is 4.35. The van der Waals surface area contributed by atoms with Crippen molar-refractivity contribution in [2.75, 3.05) is 33.3 Å². The minimum Gasteiger partial charge on any atom is -0.495 e. The van der Waals surface area contributed by atoms with Crippen LogP contribution in [0.15, 0.2) is 29.3 Å². The summed E-state index contributed by atoms with van der Waals surface area (Å²) in [4.78, 5) is 4.77. The van der Waals surface area contributed by atoms with E-state index in [4.69, 9.17) is 16.3 Å². The Morgan fingerprint density at radius 1 is 1.27 bits per heavy atom. The molecule has 1 aromatic carbocycles. The predicted molar refractivity (Wildman–Crippen MR) is 88.8 cm³/mol. The highest BCUT2D eigenvalue weighted by atomic mass is 35.5. The van der Waals surface area contributed by atoms with E-state index in [1.165, 1.54) is 0 Å². The number of pyridine rings is 1. The number of aromatic nitrogens is 1. The molecular weight excluding hydrogens is 322 g/mol. The van der Waals surface area contributed by atoms with Gasteiger partial charge < -0.3 is 10.1 Å². The largest absolute Gasteiger partial charge is 0.495 e. The first-order chi connectivity index (χ1) is 10.7. The maximum Gasteiger partial charge on any atom is 0.137 e. The van der Waals surface area contributed by atoms with Crippen LogP contribution in [0.25, 0.3) is 10.8 Å². The van der Waals surface area contributed by atoms with Crippen LogP contribution in [0.2, 0.25) is 5.15 Å². The van der Waals surface area contributed by atoms with E-state index in [1.54, 1.807) is 19.4 Å². The van der Waals surface area contributed by atoms with Crippen LogP contribution in [0.3, 0.4) is 0 Å². The van der Waals surface area contributed by atoms with Gasteiger partial charge >= 0.3 is 0 Å². The fraction of sp³-hybridized carbons (Fsp3) is 0.400. The zero-order chi connectivity index (χ0) is 15.5. The molecule has 1 aromatic heterocycles. The molecule has 2 heterocycles. The number of ether oxygens (including phenoxy) is 1. The number of halogens is 1. The monoisotopic (exact) mass is 339 g/mol. The number of hydrogen-bond donors (Lipinski definition) is 1. The van der Waals surface area contributed by atoms with Crippen LogP contribution in [0.1, 0.15) is 6.42 Å². The zero-order valence-electron chi connectivity index (χ0n) is 12.3. The van der Waals surface area contributed by atoms with Crippen molar-refractivity contribution in [3.05, 3.63) is 29.5 Å². The van der Waals surface area contributed by atoms with Crippen molar-refractivity contribution in [2.45, 2.75) is 11.3 Å². The first kappa shape index (κ1) is 15.7. The maximum atomic E-state index is 13.1. The molecule has 0 saturated carbocycles. The Kier molecular flexibility index (Phi) is 4.93. The third-order valence-corrected chi connectivity index (χ3v) is 5.65. The average Bonchev–Trinajstić information content (AvgIpc) is 2.82. The highest BCUT2D eigenvalue weighted by Gasteiger charge is 2.23. The molecule has 0 radical (unpaired) electrons. The standard InChI is InChI=1S/C15H18ClN3O2S/c1-21-13-4-3-12-11(5-7-18-15(12)16)14(13)22(20)19-9-2-6-17-8-10-19/h3-5,7,17H,2,6,8-10H2,1H3. The molecule has 5 nitrogen and oxygen atoms in total. The van der Waals surface area contributed by atoms with Gasteiger partial charge in [-0.3, -0.25) is 0 Å². The highest BCUT2D eigenvalue weighted by Crippen LogP contribution is 2.34. The van der Waals surface area contributed by atoms with Gasteiger partial charge in [-0.25, -0.2) is 13.5 Å². The lowest BCUT2D eigenvalue weighted by Crippen LogP contribution is -2.30. The Bertz CT molecular complexity index is 702. The highest BCUT2D eigenvalue weighted by molar-refractivity contribution is 7.83. The van der Waals surface area contributed by atoms with Gasteiger partial charge in [0.1, 0.15) is 26.8 Å². The number of benzene rings is 1. The van der Waals surface area contributed by atoms with Crippen LogP contribution < -0.4 is 10.1 Å². The Balaban J connectivity index is 2.11. The van der Waals surface area contributed by atoms with E-state index in [0.29, 0.717) is 15.8 Å². The first-order valence-corrected chi connectivity index (χ1v) is 8.69. The Hall–Kier alpha value is -1.21. The van der Waals surface area contributed by atoms with Gasteiger partial charge in [0.15, 0.2) is 0 Å².